The van der Waals surface area contributed by atoms with Crippen molar-refractivity contribution in [3.8, 4) is 22.6 Å². The highest BCUT2D eigenvalue weighted by Gasteiger charge is 2.29. The third-order valence-corrected chi connectivity index (χ3v) is 5.52. The quantitative estimate of drug-likeness (QED) is 0.486. The van der Waals surface area contributed by atoms with Crippen molar-refractivity contribution in [1.29, 1.82) is 0 Å². The Morgan fingerprint density at radius 3 is 1.97 bits per heavy atom. The molecule has 0 radical (unpaired) electrons. The molecule has 0 aromatic heterocycles. The summed E-state index contributed by atoms with van der Waals surface area (Å²) in [5.74, 6) is 1.20. The van der Waals surface area contributed by atoms with Crippen LogP contribution in [0.15, 0.2) is 42.5 Å². The minimum absolute atomic E-state index is 0.00743. The maximum Gasteiger partial charge on any atom is 0.408 e. The Kier molecular flexibility index (Phi) is 7.00. The Morgan fingerprint density at radius 1 is 0.941 bits per heavy atom. The summed E-state index contributed by atoms with van der Waals surface area (Å²) < 4.78 is 22.6. The van der Waals surface area contributed by atoms with E-state index in [2.05, 4.69) is 5.32 Å². The fraction of sp³-hybridized carbons (Fsp3) is 0.481. The molecule has 7 heteroatoms. The molecule has 0 saturated heterocycles. The smallest absolute Gasteiger partial charge is 0.408 e. The predicted molar refractivity (Wildman–Crippen MR) is 128 cm³/mol. The lowest BCUT2D eigenvalue weighted by atomic mass is 9.98. The normalized spacial score (nSPS) is 16.4. The minimum Gasteiger partial charge on any atom is -0.490 e. The second-order valence-corrected chi connectivity index (χ2v) is 9.86. The number of carbonyl (C=O) groups is 2. The second-order valence-electron chi connectivity index (χ2n) is 9.86. The Balaban J connectivity index is 1.60. The van der Waals surface area contributed by atoms with Crippen LogP contribution in [0.3, 0.4) is 0 Å². The van der Waals surface area contributed by atoms with Crippen LogP contribution in [0.2, 0.25) is 0 Å². The summed E-state index contributed by atoms with van der Waals surface area (Å²) in [5, 5.41) is 2.79. The fourth-order valence-electron chi connectivity index (χ4n) is 3.56. The van der Waals surface area contributed by atoms with Crippen molar-refractivity contribution in [2.45, 2.75) is 76.7 Å². The lowest BCUT2D eigenvalue weighted by Gasteiger charge is -2.23. The predicted octanol–water partition coefficient (Wildman–Crippen LogP) is 5.56. The first-order chi connectivity index (χ1) is 16.2. The molecule has 182 valence electrons. The van der Waals surface area contributed by atoms with Gasteiger partial charge in [0.25, 0.3) is 0 Å². The number of esters is 1. The van der Waals surface area contributed by atoms with Gasteiger partial charge in [-0.25, -0.2) is 4.79 Å². The highest BCUT2D eigenvalue weighted by Crippen LogP contribution is 2.43. The summed E-state index contributed by atoms with van der Waals surface area (Å²) in [4.78, 5) is 24.4. The van der Waals surface area contributed by atoms with Gasteiger partial charge in [0, 0.05) is 0 Å². The lowest BCUT2D eigenvalue weighted by molar-refractivity contribution is -0.141. The SMILES string of the molecule is COC(=O)C[C@@H](NC(=O)OC(C)(C)C)c1ccc(-c2c(OC3CC3)cccc2OC2CC2)cc1. The van der Waals surface area contributed by atoms with Crippen molar-refractivity contribution in [2.24, 2.45) is 0 Å². The molecule has 0 heterocycles. The topological polar surface area (TPSA) is 83.1 Å². The third kappa shape index (κ3) is 6.65. The molecule has 2 aliphatic rings. The van der Waals surface area contributed by atoms with E-state index in [1.54, 1.807) is 20.8 Å². The first-order valence-corrected chi connectivity index (χ1v) is 11.8. The molecule has 34 heavy (non-hydrogen) atoms. The Bertz CT molecular complexity index is 986. The van der Waals surface area contributed by atoms with Gasteiger partial charge in [-0.2, -0.15) is 0 Å². The molecule has 2 aromatic rings. The van der Waals surface area contributed by atoms with Crippen LogP contribution in [0, 0.1) is 0 Å². The van der Waals surface area contributed by atoms with Crippen LogP contribution in [0.4, 0.5) is 4.79 Å². The molecule has 2 aromatic carbocycles. The van der Waals surface area contributed by atoms with Crippen LogP contribution in [-0.4, -0.2) is 37.0 Å². The van der Waals surface area contributed by atoms with Gasteiger partial charge in [-0.1, -0.05) is 30.3 Å². The van der Waals surface area contributed by atoms with E-state index in [0.29, 0.717) is 0 Å². The van der Waals surface area contributed by atoms with Crippen molar-refractivity contribution in [1.82, 2.24) is 5.32 Å². The molecule has 2 fully saturated rings. The zero-order chi connectivity index (χ0) is 24.3. The highest BCUT2D eigenvalue weighted by atomic mass is 16.6. The maximum atomic E-state index is 12.4. The molecule has 1 amide bonds. The van der Waals surface area contributed by atoms with Gasteiger partial charge < -0.3 is 24.3 Å². The summed E-state index contributed by atoms with van der Waals surface area (Å²) in [5.41, 5.74) is 2.00. The van der Waals surface area contributed by atoms with Crippen molar-refractivity contribution >= 4 is 12.1 Å². The molecular weight excluding hydrogens is 434 g/mol. The van der Waals surface area contributed by atoms with Crippen LogP contribution in [0.1, 0.15) is 64.5 Å². The van der Waals surface area contributed by atoms with Gasteiger partial charge in [0.15, 0.2) is 0 Å². The average Bonchev–Trinajstić information content (AvgIpc) is 3.69. The second kappa shape index (κ2) is 9.95. The third-order valence-electron chi connectivity index (χ3n) is 5.52. The van der Waals surface area contributed by atoms with Crippen molar-refractivity contribution in [2.75, 3.05) is 7.11 Å². The zero-order valence-electron chi connectivity index (χ0n) is 20.3. The van der Waals surface area contributed by atoms with Gasteiger partial charge in [0.1, 0.15) is 17.1 Å². The monoisotopic (exact) mass is 467 g/mol. The van der Waals surface area contributed by atoms with Crippen LogP contribution < -0.4 is 14.8 Å². The first-order valence-electron chi connectivity index (χ1n) is 11.8. The molecular formula is C27H33NO6. The summed E-state index contributed by atoms with van der Waals surface area (Å²) >= 11 is 0. The Morgan fingerprint density at radius 2 is 1.50 bits per heavy atom. The number of alkyl carbamates (subject to hydrolysis) is 1. The fourth-order valence-corrected chi connectivity index (χ4v) is 3.56. The molecule has 0 aliphatic heterocycles. The number of amides is 1. The van der Waals surface area contributed by atoms with E-state index in [1.165, 1.54) is 7.11 Å². The molecule has 2 saturated carbocycles. The Labute approximate surface area is 200 Å². The summed E-state index contributed by atoms with van der Waals surface area (Å²) in [6.07, 6.45) is 4.19. The molecule has 1 atom stereocenters. The van der Waals surface area contributed by atoms with Crippen LogP contribution in [-0.2, 0) is 14.3 Å². The number of benzene rings is 2. The summed E-state index contributed by atoms with van der Waals surface area (Å²) in [7, 11) is 1.33. The number of ether oxygens (including phenoxy) is 4. The van der Waals surface area contributed by atoms with E-state index in [4.69, 9.17) is 18.9 Å². The maximum absolute atomic E-state index is 12.4. The number of hydrogen-bond acceptors (Lipinski definition) is 6. The molecule has 7 nitrogen and oxygen atoms in total. The average molecular weight is 468 g/mol. The van der Waals surface area contributed by atoms with Crippen molar-refractivity contribution < 1.29 is 28.5 Å². The van der Waals surface area contributed by atoms with Gasteiger partial charge in [-0.3, -0.25) is 4.79 Å². The van der Waals surface area contributed by atoms with Gasteiger partial charge in [-0.05, 0) is 69.7 Å². The van der Waals surface area contributed by atoms with Crippen molar-refractivity contribution in [3.63, 3.8) is 0 Å². The lowest BCUT2D eigenvalue weighted by Crippen LogP contribution is -2.36. The van der Waals surface area contributed by atoms with Crippen LogP contribution >= 0.6 is 0 Å². The standard InChI is InChI=1S/C27H33NO6/c1-27(2,3)34-26(30)28-21(16-24(29)31-4)17-8-10-18(11-9-17)25-22(32-19-12-13-19)6-5-7-23(25)33-20-14-15-20/h5-11,19-21H,12-16H2,1-4H3,(H,28,30)/t21-/m1/s1. The summed E-state index contributed by atoms with van der Waals surface area (Å²) in [6, 6.07) is 13.1. The first kappa shape index (κ1) is 23.9. The molecule has 0 spiro atoms. The van der Waals surface area contributed by atoms with Crippen LogP contribution in [0.5, 0.6) is 11.5 Å². The number of methoxy groups -OCH3 is 1. The van der Waals surface area contributed by atoms with E-state index >= 15 is 0 Å². The van der Waals surface area contributed by atoms with Crippen LogP contribution in [0.25, 0.3) is 11.1 Å². The van der Waals surface area contributed by atoms with Gasteiger partial charge in [0.2, 0.25) is 0 Å². The molecule has 4 rings (SSSR count). The van der Waals surface area contributed by atoms with E-state index in [1.807, 2.05) is 42.5 Å². The molecule has 0 bridgehead atoms. The molecule has 1 N–H and O–H groups in total. The van der Waals surface area contributed by atoms with E-state index in [9.17, 15) is 9.59 Å². The number of rotatable bonds is 9. The minimum atomic E-state index is -0.646. The molecule has 0 unspecified atom stereocenters. The summed E-state index contributed by atoms with van der Waals surface area (Å²) in [6.45, 7) is 5.37. The zero-order valence-corrected chi connectivity index (χ0v) is 20.3. The number of carbonyl (C=O) groups excluding carboxylic acids is 2. The largest absolute Gasteiger partial charge is 0.490 e. The van der Waals surface area contributed by atoms with Gasteiger partial charge >= 0.3 is 12.1 Å². The van der Waals surface area contributed by atoms with E-state index in [-0.39, 0.29) is 18.6 Å². The van der Waals surface area contributed by atoms with E-state index in [0.717, 1.165) is 53.9 Å². The number of hydrogen-bond donors (Lipinski definition) is 1. The van der Waals surface area contributed by atoms with Crippen molar-refractivity contribution in [3.05, 3.63) is 48.0 Å². The van der Waals surface area contributed by atoms with Gasteiger partial charge in [-0.15, -0.1) is 0 Å². The molecule has 2 aliphatic carbocycles. The van der Waals surface area contributed by atoms with E-state index < -0.39 is 23.7 Å². The highest BCUT2D eigenvalue weighted by molar-refractivity contribution is 5.78. The van der Waals surface area contributed by atoms with Gasteiger partial charge in [0.05, 0.1) is 37.3 Å². The Hall–Kier alpha value is -3.22. The number of nitrogens with one attached hydrogen (secondary N) is 1.